The summed E-state index contributed by atoms with van der Waals surface area (Å²) in [7, 11) is 0. The molecule has 3 heterocycles. The highest BCUT2D eigenvalue weighted by molar-refractivity contribution is 5.24. The van der Waals surface area contributed by atoms with Crippen LogP contribution in [0.4, 0.5) is 0 Å². The van der Waals surface area contributed by atoms with E-state index >= 15 is 0 Å². The van der Waals surface area contributed by atoms with Gasteiger partial charge in [-0.15, -0.1) is 0 Å². The average Bonchev–Trinajstić information content (AvgIpc) is 3.04. The average molecular weight is 277 g/mol. The van der Waals surface area contributed by atoms with Gasteiger partial charge in [0.1, 0.15) is 5.82 Å². The first kappa shape index (κ1) is 14.1. The van der Waals surface area contributed by atoms with E-state index in [1.807, 2.05) is 0 Å². The van der Waals surface area contributed by atoms with Gasteiger partial charge in [0.2, 0.25) is 0 Å². The Morgan fingerprint density at radius 1 is 1.40 bits per heavy atom. The molecule has 1 fully saturated rings. The lowest BCUT2D eigenvalue weighted by Gasteiger charge is -2.29. The summed E-state index contributed by atoms with van der Waals surface area (Å²) >= 11 is 0. The molecule has 1 aromatic rings. The number of aromatic nitrogens is 2. The molecule has 2 aliphatic heterocycles. The van der Waals surface area contributed by atoms with Gasteiger partial charge in [-0.25, -0.2) is 4.98 Å². The third kappa shape index (κ3) is 2.40. The van der Waals surface area contributed by atoms with Gasteiger partial charge in [0.05, 0.1) is 17.8 Å². The highest BCUT2D eigenvalue weighted by Gasteiger charge is 2.33. The van der Waals surface area contributed by atoms with E-state index in [0.29, 0.717) is 12.1 Å². The monoisotopic (exact) mass is 277 g/mol. The zero-order chi connectivity index (χ0) is 14.3. The van der Waals surface area contributed by atoms with E-state index in [0.717, 1.165) is 26.1 Å². The molecule has 0 bridgehead atoms. The van der Waals surface area contributed by atoms with E-state index in [-0.39, 0.29) is 5.41 Å². The molecule has 0 radical (unpaired) electrons. The summed E-state index contributed by atoms with van der Waals surface area (Å²) in [5, 5.41) is 3.43. The second-order valence-electron chi connectivity index (χ2n) is 7.17. The maximum atomic E-state index is 5.93. The van der Waals surface area contributed by atoms with Crippen molar-refractivity contribution in [1.82, 2.24) is 14.9 Å². The van der Waals surface area contributed by atoms with Crippen LogP contribution < -0.4 is 5.32 Å². The predicted molar refractivity (Wildman–Crippen MR) is 80.0 cm³/mol. The van der Waals surface area contributed by atoms with E-state index in [2.05, 4.69) is 37.6 Å². The van der Waals surface area contributed by atoms with Crippen molar-refractivity contribution in [3.63, 3.8) is 0 Å². The van der Waals surface area contributed by atoms with Crippen LogP contribution in [0.15, 0.2) is 0 Å². The zero-order valence-electron chi connectivity index (χ0n) is 13.2. The minimum atomic E-state index is 0.0736. The fourth-order valence-corrected chi connectivity index (χ4v) is 3.45. The molecular weight excluding hydrogens is 250 g/mol. The Balaban J connectivity index is 2.04. The smallest absolute Gasteiger partial charge is 0.115 e. The van der Waals surface area contributed by atoms with Gasteiger partial charge in [0, 0.05) is 37.2 Å². The Morgan fingerprint density at radius 2 is 2.20 bits per heavy atom. The molecule has 0 aromatic carbocycles. The topological polar surface area (TPSA) is 39.1 Å². The third-order valence-corrected chi connectivity index (χ3v) is 4.51. The van der Waals surface area contributed by atoms with E-state index in [1.54, 1.807) is 0 Å². The van der Waals surface area contributed by atoms with Gasteiger partial charge in [-0.2, -0.15) is 0 Å². The summed E-state index contributed by atoms with van der Waals surface area (Å²) in [4.78, 5) is 4.96. The SMILES string of the molecule is CC(C1CCCO1)n1c(C(C)(C)C)nc2c1CCNC2. The highest BCUT2D eigenvalue weighted by Crippen LogP contribution is 2.33. The van der Waals surface area contributed by atoms with Crippen molar-refractivity contribution in [3.05, 3.63) is 17.2 Å². The molecule has 2 atom stereocenters. The highest BCUT2D eigenvalue weighted by atomic mass is 16.5. The summed E-state index contributed by atoms with van der Waals surface area (Å²) in [6.07, 6.45) is 3.80. The lowest BCUT2D eigenvalue weighted by atomic mass is 9.94. The van der Waals surface area contributed by atoms with Crippen molar-refractivity contribution in [3.8, 4) is 0 Å². The quantitative estimate of drug-likeness (QED) is 0.903. The van der Waals surface area contributed by atoms with E-state index in [4.69, 9.17) is 9.72 Å². The number of nitrogens with zero attached hydrogens (tertiary/aromatic N) is 2. The van der Waals surface area contributed by atoms with Crippen molar-refractivity contribution < 1.29 is 4.74 Å². The Kier molecular flexibility index (Phi) is 3.63. The van der Waals surface area contributed by atoms with Crippen molar-refractivity contribution in [2.75, 3.05) is 13.2 Å². The van der Waals surface area contributed by atoms with E-state index < -0.39 is 0 Å². The molecule has 4 nitrogen and oxygen atoms in total. The molecule has 0 amide bonds. The van der Waals surface area contributed by atoms with Gasteiger partial charge >= 0.3 is 0 Å². The maximum Gasteiger partial charge on any atom is 0.115 e. The molecule has 4 heteroatoms. The van der Waals surface area contributed by atoms with Crippen LogP contribution in [-0.4, -0.2) is 28.8 Å². The van der Waals surface area contributed by atoms with Crippen LogP contribution in [0.2, 0.25) is 0 Å². The van der Waals surface area contributed by atoms with Crippen molar-refractivity contribution in [2.45, 2.75) is 71.1 Å². The van der Waals surface area contributed by atoms with Gasteiger partial charge in [0.15, 0.2) is 0 Å². The normalized spacial score (nSPS) is 24.7. The maximum absolute atomic E-state index is 5.93. The molecule has 1 aromatic heterocycles. The summed E-state index contributed by atoms with van der Waals surface area (Å²) in [5.41, 5.74) is 2.74. The first-order chi connectivity index (χ1) is 9.48. The number of ether oxygens (including phenoxy) is 1. The van der Waals surface area contributed by atoms with Crippen LogP contribution in [0.25, 0.3) is 0 Å². The number of nitrogens with one attached hydrogen (secondary N) is 1. The first-order valence-electron chi connectivity index (χ1n) is 7.91. The number of imidazole rings is 1. The lowest BCUT2D eigenvalue weighted by Crippen LogP contribution is -2.30. The second-order valence-corrected chi connectivity index (χ2v) is 7.17. The summed E-state index contributed by atoms with van der Waals surface area (Å²) < 4.78 is 8.43. The summed E-state index contributed by atoms with van der Waals surface area (Å²) in [5.74, 6) is 1.22. The van der Waals surface area contributed by atoms with Gasteiger partial charge in [-0.1, -0.05) is 20.8 Å². The largest absolute Gasteiger partial charge is 0.376 e. The molecule has 2 unspecified atom stereocenters. The standard InChI is InChI=1S/C16H27N3O/c1-11(14-6-5-9-20-14)19-13-7-8-17-10-12(13)18-15(19)16(2,3)4/h11,14,17H,5-10H2,1-4H3. The minimum Gasteiger partial charge on any atom is -0.376 e. The van der Waals surface area contributed by atoms with Gasteiger partial charge < -0.3 is 14.6 Å². The van der Waals surface area contributed by atoms with Crippen molar-refractivity contribution in [2.24, 2.45) is 0 Å². The number of fused-ring (bicyclic) bond motifs is 1. The van der Waals surface area contributed by atoms with Gasteiger partial charge in [-0.3, -0.25) is 0 Å². The minimum absolute atomic E-state index is 0.0736. The molecule has 0 saturated carbocycles. The Bertz CT molecular complexity index is 481. The van der Waals surface area contributed by atoms with Crippen molar-refractivity contribution in [1.29, 1.82) is 0 Å². The predicted octanol–water partition coefficient (Wildman–Crippen LogP) is 2.57. The van der Waals surface area contributed by atoms with Gasteiger partial charge in [0.25, 0.3) is 0 Å². The Hall–Kier alpha value is -0.870. The molecule has 0 aliphatic carbocycles. The van der Waals surface area contributed by atoms with Crippen LogP contribution in [0.5, 0.6) is 0 Å². The third-order valence-electron chi connectivity index (χ3n) is 4.51. The molecule has 20 heavy (non-hydrogen) atoms. The number of rotatable bonds is 2. The summed E-state index contributed by atoms with van der Waals surface area (Å²) in [6.45, 7) is 11.9. The Morgan fingerprint density at radius 3 is 2.85 bits per heavy atom. The Labute approximate surface area is 121 Å². The molecule has 0 spiro atoms. The van der Waals surface area contributed by atoms with Gasteiger partial charge in [-0.05, 0) is 19.8 Å². The van der Waals surface area contributed by atoms with Crippen LogP contribution in [0, 0.1) is 0 Å². The fourth-order valence-electron chi connectivity index (χ4n) is 3.45. The molecule has 112 valence electrons. The molecule has 2 aliphatic rings. The van der Waals surface area contributed by atoms with E-state index in [9.17, 15) is 0 Å². The number of hydrogen-bond acceptors (Lipinski definition) is 3. The molecule has 1 saturated heterocycles. The van der Waals surface area contributed by atoms with E-state index in [1.165, 1.54) is 30.1 Å². The van der Waals surface area contributed by atoms with Crippen LogP contribution >= 0.6 is 0 Å². The first-order valence-corrected chi connectivity index (χ1v) is 7.91. The zero-order valence-corrected chi connectivity index (χ0v) is 13.2. The van der Waals surface area contributed by atoms with Crippen LogP contribution in [0.1, 0.15) is 63.8 Å². The van der Waals surface area contributed by atoms with Crippen LogP contribution in [-0.2, 0) is 23.1 Å². The molecule has 1 N–H and O–H groups in total. The lowest BCUT2D eigenvalue weighted by molar-refractivity contribution is 0.0703. The second kappa shape index (κ2) is 5.15. The van der Waals surface area contributed by atoms with Crippen molar-refractivity contribution >= 4 is 0 Å². The summed E-state index contributed by atoms with van der Waals surface area (Å²) in [6, 6.07) is 0.390. The van der Waals surface area contributed by atoms with Crippen LogP contribution in [0.3, 0.4) is 0 Å². The fraction of sp³-hybridized carbons (Fsp3) is 0.812. The molecule has 3 rings (SSSR count). The number of hydrogen-bond donors (Lipinski definition) is 1. The molecular formula is C16H27N3O.